The van der Waals surface area contributed by atoms with Crippen molar-refractivity contribution in [3.05, 3.63) is 278 Å². The molecule has 2 heterocycles. The van der Waals surface area contributed by atoms with Crippen LogP contribution in [-0.2, 0) is 5.41 Å². The van der Waals surface area contributed by atoms with Gasteiger partial charge in [0.15, 0.2) is 11.2 Å². The molecule has 0 N–H and O–H groups in total. The van der Waals surface area contributed by atoms with Crippen LogP contribution in [0.25, 0.3) is 89.6 Å². The second kappa shape index (κ2) is 18.7. The molecular formula is C71H50N4O2. The first-order valence-corrected chi connectivity index (χ1v) is 26.1. The summed E-state index contributed by atoms with van der Waals surface area (Å²) < 4.78 is 12.3. The molecule has 0 fully saturated rings. The van der Waals surface area contributed by atoms with E-state index < -0.39 is 0 Å². The Morgan fingerprint density at radius 1 is 0.286 bits per heavy atom. The third kappa shape index (κ3) is 8.33. The van der Waals surface area contributed by atoms with Crippen LogP contribution in [0.4, 0.5) is 34.1 Å². The molecule has 366 valence electrons. The van der Waals surface area contributed by atoms with Gasteiger partial charge < -0.3 is 18.6 Å². The van der Waals surface area contributed by atoms with Gasteiger partial charge in [-0.2, -0.15) is 0 Å². The Morgan fingerprint density at radius 3 is 1.13 bits per heavy atom. The lowest BCUT2D eigenvalue weighted by Gasteiger charge is -2.28. The zero-order valence-corrected chi connectivity index (χ0v) is 42.5. The lowest BCUT2D eigenvalue weighted by atomic mass is 9.81. The van der Waals surface area contributed by atoms with E-state index in [9.17, 15) is 0 Å². The van der Waals surface area contributed by atoms with Crippen molar-refractivity contribution in [1.29, 1.82) is 0 Å². The average Bonchev–Trinajstić information content (AvgIpc) is 4.32. The maximum atomic E-state index is 6.18. The van der Waals surface area contributed by atoms with Gasteiger partial charge in [0.25, 0.3) is 0 Å². The van der Waals surface area contributed by atoms with Crippen LogP contribution >= 0.6 is 0 Å². The summed E-state index contributed by atoms with van der Waals surface area (Å²) in [5, 5.41) is 0. The van der Waals surface area contributed by atoms with Crippen molar-refractivity contribution < 1.29 is 8.83 Å². The molecule has 0 aliphatic heterocycles. The molecule has 14 rings (SSSR count). The van der Waals surface area contributed by atoms with Gasteiger partial charge in [0.2, 0.25) is 11.8 Å². The lowest BCUT2D eigenvalue weighted by Crippen LogP contribution is -2.16. The number of para-hydroxylation sites is 4. The monoisotopic (exact) mass is 990 g/mol. The minimum Gasteiger partial charge on any atom is -0.436 e. The summed E-state index contributed by atoms with van der Waals surface area (Å²) in [6.45, 7) is 4.72. The molecule has 6 heteroatoms. The van der Waals surface area contributed by atoms with Crippen LogP contribution in [0.15, 0.2) is 276 Å². The van der Waals surface area contributed by atoms with Gasteiger partial charge in [-0.05, 0) is 183 Å². The van der Waals surface area contributed by atoms with E-state index in [1.807, 2.05) is 48.5 Å². The summed E-state index contributed by atoms with van der Waals surface area (Å²) in [6.07, 6.45) is 0. The summed E-state index contributed by atoms with van der Waals surface area (Å²) in [5.74, 6) is 1.21. The standard InChI is InChI=1S/C71H50N4O2/c1-71(2)63-45-54(49-27-34-55(35-28-49)74(58-21-13-19-52(43-58)47-15-5-3-6-16-47)56-36-29-50(30-37-56)69-72-65-23-9-11-25-67(65)76-69)33-41-61(63)62-42-40-60(46-64(62)71)75(59-22-14-20-53(44-59)48-17-7-4-8-18-48)57-38-31-51(32-39-57)70-73-66-24-10-12-26-68(66)77-70/h3-46H,1-2H3. The normalized spacial score (nSPS) is 12.4. The van der Waals surface area contributed by atoms with E-state index in [0.29, 0.717) is 11.8 Å². The van der Waals surface area contributed by atoms with Crippen LogP contribution in [0.1, 0.15) is 25.0 Å². The van der Waals surface area contributed by atoms with E-state index in [0.717, 1.165) is 84.1 Å². The van der Waals surface area contributed by atoms with Crippen LogP contribution in [0.2, 0.25) is 0 Å². The van der Waals surface area contributed by atoms with E-state index in [1.165, 1.54) is 38.9 Å². The summed E-state index contributed by atoms with van der Waals surface area (Å²) >= 11 is 0. The number of anilines is 6. The Labute approximate surface area is 447 Å². The van der Waals surface area contributed by atoms with E-state index in [2.05, 4.69) is 242 Å². The van der Waals surface area contributed by atoms with Crippen molar-refractivity contribution in [2.24, 2.45) is 0 Å². The maximum absolute atomic E-state index is 6.18. The molecule has 11 aromatic carbocycles. The van der Waals surface area contributed by atoms with E-state index in [4.69, 9.17) is 18.8 Å². The number of hydrogen-bond acceptors (Lipinski definition) is 6. The summed E-state index contributed by atoms with van der Waals surface area (Å²) in [7, 11) is 0. The van der Waals surface area contributed by atoms with Gasteiger partial charge in [-0.25, -0.2) is 9.97 Å². The number of aromatic nitrogens is 2. The van der Waals surface area contributed by atoms with Crippen molar-refractivity contribution in [3.8, 4) is 67.4 Å². The van der Waals surface area contributed by atoms with Crippen LogP contribution < -0.4 is 9.80 Å². The SMILES string of the molecule is CC1(C)c2cc(-c3ccc(N(c4ccc(-c5nc6ccccc6o5)cc4)c4cccc(-c5ccccc5)c4)cc3)ccc2-c2ccc(N(c3ccc(-c4nc5ccccc5o4)cc3)c3cccc(-c4ccccc4)c3)cc21. The van der Waals surface area contributed by atoms with Gasteiger partial charge in [-0.1, -0.05) is 153 Å². The van der Waals surface area contributed by atoms with Gasteiger partial charge in [-0.15, -0.1) is 0 Å². The Kier molecular flexibility index (Phi) is 11.1. The molecule has 0 radical (unpaired) electrons. The number of hydrogen-bond donors (Lipinski definition) is 0. The fourth-order valence-corrected chi connectivity index (χ4v) is 11.1. The summed E-state index contributed by atoms with van der Waals surface area (Å²) in [5.41, 5.74) is 23.2. The number of oxazole rings is 2. The molecule has 0 unspecified atom stereocenters. The Balaban J connectivity index is 0.796. The minimum atomic E-state index is -0.282. The van der Waals surface area contributed by atoms with Gasteiger partial charge >= 0.3 is 0 Å². The molecule has 1 aliphatic carbocycles. The molecule has 0 atom stereocenters. The topological polar surface area (TPSA) is 58.5 Å². The number of benzene rings is 11. The molecule has 0 saturated heterocycles. The largest absolute Gasteiger partial charge is 0.436 e. The molecule has 0 saturated carbocycles. The highest BCUT2D eigenvalue weighted by Crippen LogP contribution is 2.52. The first-order valence-electron chi connectivity index (χ1n) is 26.1. The molecule has 0 amide bonds. The first-order chi connectivity index (χ1) is 37.9. The second-order valence-corrected chi connectivity index (χ2v) is 20.2. The molecular weight excluding hydrogens is 941 g/mol. The number of rotatable bonds is 11. The predicted molar refractivity (Wildman–Crippen MR) is 316 cm³/mol. The van der Waals surface area contributed by atoms with E-state index >= 15 is 0 Å². The lowest BCUT2D eigenvalue weighted by molar-refractivity contribution is 0.619. The Bertz CT molecular complexity index is 4230. The average molecular weight is 991 g/mol. The van der Waals surface area contributed by atoms with Crippen LogP contribution in [0.5, 0.6) is 0 Å². The van der Waals surface area contributed by atoms with Gasteiger partial charge in [0.05, 0.1) is 0 Å². The highest BCUT2D eigenvalue weighted by Gasteiger charge is 2.36. The summed E-state index contributed by atoms with van der Waals surface area (Å²) in [6, 6.07) is 94.5. The maximum Gasteiger partial charge on any atom is 0.227 e. The highest BCUT2D eigenvalue weighted by atomic mass is 16.4. The molecule has 13 aromatic rings. The first kappa shape index (κ1) is 45.6. The number of nitrogens with zero attached hydrogens (tertiary/aromatic N) is 4. The molecule has 6 nitrogen and oxygen atoms in total. The van der Waals surface area contributed by atoms with Gasteiger partial charge in [0.1, 0.15) is 11.0 Å². The van der Waals surface area contributed by atoms with Crippen LogP contribution in [-0.4, -0.2) is 9.97 Å². The quantitative estimate of drug-likeness (QED) is 0.129. The molecule has 0 spiro atoms. The van der Waals surface area contributed by atoms with Gasteiger partial charge in [-0.3, -0.25) is 0 Å². The molecule has 0 bridgehead atoms. The minimum absolute atomic E-state index is 0.282. The van der Waals surface area contributed by atoms with Crippen LogP contribution in [0.3, 0.4) is 0 Å². The highest BCUT2D eigenvalue weighted by molar-refractivity contribution is 5.89. The van der Waals surface area contributed by atoms with Crippen LogP contribution in [0, 0.1) is 0 Å². The molecule has 77 heavy (non-hydrogen) atoms. The predicted octanol–water partition coefficient (Wildman–Crippen LogP) is 19.5. The molecule has 1 aliphatic rings. The second-order valence-electron chi connectivity index (χ2n) is 20.2. The smallest absolute Gasteiger partial charge is 0.227 e. The fraction of sp³-hybridized carbons (Fsp3) is 0.0423. The Morgan fingerprint density at radius 2 is 0.636 bits per heavy atom. The number of fused-ring (bicyclic) bond motifs is 5. The van der Waals surface area contributed by atoms with Crippen molar-refractivity contribution in [2.45, 2.75) is 19.3 Å². The zero-order valence-electron chi connectivity index (χ0n) is 42.5. The van der Waals surface area contributed by atoms with E-state index in [-0.39, 0.29) is 5.41 Å². The van der Waals surface area contributed by atoms with Gasteiger partial charge in [0, 0.05) is 50.7 Å². The van der Waals surface area contributed by atoms with Crippen molar-refractivity contribution >= 4 is 56.3 Å². The molecule has 2 aromatic heterocycles. The van der Waals surface area contributed by atoms with Crippen molar-refractivity contribution in [1.82, 2.24) is 9.97 Å². The van der Waals surface area contributed by atoms with E-state index in [1.54, 1.807) is 0 Å². The summed E-state index contributed by atoms with van der Waals surface area (Å²) in [4.78, 5) is 14.2. The zero-order chi connectivity index (χ0) is 51.5. The Hall–Kier alpha value is -10.0. The van der Waals surface area contributed by atoms with Crippen molar-refractivity contribution in [2.75, 3.05) is 9.80 Å². The van der Waals surface area contributed by atoms with Crippen molar-refractivity contribution in [3.63, 3.8) is 0 Å². The third-order valence-corrected chi connectivity index (χ3v) is 15.1. The third-order valence-electron chi connectivity index (χ3n) is 15.1. The fourth-order valence-electron chi connectivity index (χ4n) is 11.1.